The van der Waals surface area contributed by atoms with Crippen LogP contribution in [0.3, 0.4) is 0 Å². The van der Waals surface area contributed by atoms with E-state index in [9.17, 15) is 0 Å². The molecule has 0 aromatic carbocycles. The van der Waals surface area contributed by atoms with Gasteiger partial charge in [-0.25, -0.2) is 4.98 Å². The number of hydrogen-bond donors (Lipinski definition) is 1. The van der Waals surface area contributed by atoms with Gasteiger partial charge in [-0.3, -0.25) is 4.98 Å². The highest BCUT2D eigenvalue weighted by Gasteiger charge is 2.05. The Hall–Kier alpha value is -0.670. The summed E-state index contributed by atoms with van der Waals surface area (Å²) in [6, 6.07) is -0.152. The predicted molar refractivity (Wildman–Crippen MR) is 39.6 cm³/mol. The molecule has 1 rings (SSSR count). The van der Waals surface area contributed by atoms with Crippen LogP contribution in [-0.2, 0) is 0 Å². The molecule has 10 heavy (non-hydrogen) atoms. The standard InChI is InChI=1S/C6H8ClN3/c1-4(8)5-6(7)10-3-2-9-5/h2-4H,8H2,1H3. The Kier molecular flexibility index (Phi) is 2.19. The monoisotopic (exact) mass is 157 g/mol. The first-order valence-corrected chi connectivity index (χ1v) is 3.31. The van der Waals surface area contributed by atoms with Crippen LogP contribution < -0.4 is 5.73 Å². The molecule has 1 aromatic heterocycles. The molecule has 0 aliphatic rings. The Balaban J connectivity index is 3.03. The number of aromatic nitrogens is 2. The summed E-state index contributed by atoms with van der Waals surface area (Å²) in [6.07, 6.45) is 3.11. The smallest absolute Gasteiger partial charge is 0.152 e. The minimum Gasteiger partial charge on any atom is -0.323 e. The molecular weight excluding hydrogens is 150 g/mol. The highest BCUT2D eigenvalue weighted by molar-refractivity contribution is 6.30. The Morgan fingerprint density at radius 3 is 2.50 bits per heavy atom. The summed E-state index contributed by atoms with van der Waals surface area (Å²) in [5, 5.41) is 0.387. The average Bonchev–Trinajstić information content (AvgIpc) is 1.88. The molecule has 0 saturated heterocycles. The van der Waals surface area contributed by atoms with Gasteiger partial charge in [0.15, 0.2) is 5.15 Å². The molecule has 0 spiro atoms. The molecule has 0 radical (unpaired) electrons. The Bertz CT molecular complexity index is 224. The van der Waals surface area contributed by atoms with E-state index in [1.54, 1.807) is 6.20 Å². The molecule has 0 bridgehead atoms. The molecule has 0 amide bonds. The Labute approximate surface area is 64.2 Å². The highest BCUT2D eigenvalue weighted by atomic mass is 35.5. The number of halogens is 1. The van der Waals surface area contributed by atoms with E-state index in [-0.39, 0.29) is 6.04 Å². The molecule has 3 nitrogen and oxygen atoms in total. The zero-order valence-electron chi connectivity index (χ0n) is 5.58. The maximum atomic E-state index is 5.67. The number of nitrogens with zero attached hydrogens (tertiary/aromatic N) is 2. The predicted octanol–water partition coefficient (Wildman–Crippen LogP) is 1.15. The van der Waals surface area contributed by atoms with Crippen molar-refractivity contribution < 1.29 is 0 Å². The Morgan fingerprint density at radius 1 is 1.50 bits per heavy atom. The molecule has 1 unspecified atom stereocenters. The van der Waals surface area contributed by atoms with Crippen molar-refractivity contribution in [1.29, 1.82) is 0 Å². The van der Waals surface area contributed by atoms with E-state index < -0.39 is 0 Å². The van der Waals surface area contributed by atoms with Gasteiger partial charge in [0.25, 0.3) is 0 Å². The summed E-state index contributed by atoms with van der Waals surface area (Å²) < 4.78 is 0. The van der Waals surface area contributed by atoms with Gasteiger partial charge >= 0.3 is 0 Å². The fraction of sp³-hybridized carbons (Fsp3) is 0.333. The molecule has 4 heteroatoms. The van der Waals surface area contributed by atoms with Crippen LogP contribution in [0.15, 0.2) is 12.4 Å². The van der Waals surface area contributed by atoms with Crippen LogP contribution in [0, 0.1) is 0 Å². The van der Waals surface area contributed by atoms with E-state index in [2.05, 4.69) is 9.97 Å². The lowest BCUT2D eigenvalue weighted by Crippen LogP contribution is -2.08. The van der Waals surface area contributed by atoms with Crippen molar-refractivity contribution in [3.05, 3.63) is 23.2 Å². The first-order chi connectivity index (χ1) is 4.72. The summed E-state index contributed by atoms with van der Waals surface area (Å²) in [5.41, 5.74) is 6.17. The third kappa shape index (κ3) is 1.43. The first-order valence-electron chi connectivity index (χ1n) is 2.94. The van der Waals surface area contributed by atoms with E-state index in [4.69, 9.17) is 17.3 Å². The molecule has 0 aliphatic carbocycles. The van der Waals surface area contributed by atoms with Crippen molar-refractivity contribution in [3.8, 4) is 0 Å². The molecule has 0 fully saturated rings. The zero-order valence-corrected chi connectivity index (χ0v) is 6.34. The van der Waals surface area contributed by atoms with E-state index >= 15 is 0 Å². The van der Waals surface area contributed by atoms with Gasteiger partial charge in [-0.05, 0) is 6.92 Å². The molecule has 1 heterocycles. The van der Waals surface area contributed by atoms with E-state index in [1.807, 2.05) is 6.92 Å². The zero-order chi connectivity index (χ0) is 7.56. The summed E-state index contributed by atoms with van der Waals surface area (Å²) >= 11 is 5.67. The van der Waals surface area contributed by atoms with Crippen LogP contribution in [0.4, 0.5) is 0 Å². The number of hydrogen-bond acceptors (Lipinski definition) is 3. The topological polar surface area (TPSA) is 51.8 Å². The maximum Gasteiger partial charge on any atom is 0.152 e. The van der Waals surface area contributed by atoms with Gasteiger partial charge in [0, 0.05) is 18.4 Å². The second-order valence-electron chi connectivity index (χ2n) is 2.02. The maximum absolute atomic E-state index is 5.67. The number of nitrogens with two attached hydrogens (primary N) is 1. The fourth-order valence-corrected chi connectivity index (χ4v) is 0.914. The van der Waals surface area contributed by atoms with Crippen molar-refractivity contribution in [2.75, 3.05) is 0 Å². The first kappa shape index (κ1) is 7.44. The third-order valence-corrected chi connectivity index (χ3v) is 1.40. The van der Waals surface area contributed by atoms with Gasteiger partial charge in [0.1, 0.15) is 0 Å². The minimum atomic E-state index is -0.152. The molecule has 54 valence electrons. The quantitative estimate of drug-likeness (QED) is 0.666. The second kappa shape index (κ2) is 2.94. The van der Waals surface area contributed by atoms with Gasteiger partial charge in [-0.1, -0.05) is 11.6 Å². The Morgan fingerprint density at radius 2 is 2.10 bits per heavy atom. The summed E-state index contributed by atoms with van der Waals surface area (Å²) in [4.78, 5) is 7.78. The molecule has 1 aromatic rings. The average molecular weight is 158 g/mol. The number of rotatable bonds is 1. The largest absolute Gasteiger partial charge is 0.323 e. The van der Waals surface area contributed by atoms with Crippen molar-refractivity contribution in [2.45, 2.75) is 13.0 Å². The van der Waals surface area contributed by atoms with Gasteiger partial charge in [0.2, 0.25) is 0 Å². The van der Waals surface area contributed by atoms with Crippen LogP contribution in [0.1, 0.15) is 18.7 Å². The van der Waals surface area contributed by atoms with E-state index in [0.717, 1.165) is 0 Å². The van der Waals surface area contributed by atoms with Crippen molar-refractivity contribution in [2.24, 2.45) is 5.73 Å². The third-order valence-electron chi connectivity index (χ3n) is 1.11. The van der Waals surface area contributed by atoms with Gasteiger partial charge in [-0.15, -0.1) is 0 Å². The van der Waals surface area contributed by atoms with Crippen molar-refractivity contribution >= 4 is 11.6 Å². The lowest BCUT2D eigenvalue weighted by atomic mass is 10.3. The molecule has 2 N–H and O–H groups in total. The molecule has 0 aliphatic heterocycles. The fourth-order valence-electron chi connectivity index (χ4n) is 0.637. The van der Waals surface area contributed by atoms with Crippen molar-refractivity contribution in [3.63, 3.8) is 0 Å². The van der Waals surface area contributed by atoms with E-state index in [0.29, 0.717) is 10.8 Å². The minimum absolute atomic E-state index is 0.152. The van der Waals surface area contributed by atoms with Crippen LogP contribution in [-0.4, -0.2) is 9.97 Å². The summed E-state index contributed by atoms with van der Waals surface area (Å²) in [6.45, 7) is 1.82. The van der Waals surface area contributed by atoms with Gasteiger partial charge in [-0.2, -0.15) is 0 Å². The molecule has 0 saturated carbocycles. The van der Waals surface area contributed by atoms with Gasteiger partial charge in [0.05, 0.1) is 5.69 Å². The normalized spacial score (nSPS) is 13.1. The summed E-state index contributed by atoms with van der Waals surface area (Å²) in [5.74, 6) is 0. The van der Waals surface area contributed by atoms with E-state index in [1.165, 1.54) is 6.20 Å². The molecule has 1 atom stereocenters. The van der Waals surface area contributed by atoms with Gasteiger partial charge < -0.3 is 5.73 Å². The highest BCUT2D eigenvalue weighted by Crippen LogP contribution is 2.13. The SMILES string of the molecule is CC(N)c1nccnc1Cl. The lowest BCUT2D eigenvalue weighted by molar-refractivity contribution is 0.773. The van der Waals surface area contributed by atoms with Crippen LogP contribution in [0.25, 0.3) is 0 Å². The molecular formula is C6H8ClN3. The summed E-state index contributed by atoms with van der Waals surface area (Å²) in [7, 11) is 0. The second-order valence-corrected chi connectivity index (χ2v) is 2.38. The van der Waals surface area contributed by atoms with Crippen LogP contribution in [0.5, 0.6) is 0 Å². The van der Waals surface area contributed by atoms with Crippen molar-refractivity contribution in [1.82, 2.24) is 9.97 Å². The lowest BCUT2D eigenvalue weighted by Gasteiger charge is -2.03. The van der Waals surface area contributed by atoms with Crippen LogP contribution >= 0.6 is 11.6 Å². The van der Waals surface area contributed by atoms with Crippen LogP contribution in [0.2, 0.25) is 5.15 Å².